The molecule has 1 aromatic carbocycles. The minimum absolute atomic E-state index is 0.129. The molecule has 12 nitrogen and oxygen atoms in total. The van der Waals surface area contributed by atoms with E-state index in [4.69, 9.17) is 16.2 Å². The number of alkyl halides is 3. The first kappa shape index (κ1) is 25.4. The molecular formula is C22H21BrF3N11O. The molecule has 198 valence electrons. The minimum atomic E-state index is -4.44. The zero-order valence-corrected chi connectivity index (χ0v) is 21.2. The van der Waals surface area contributed by atoms with E-state index in [-0.39, 0.29) is 11.9 Å². The number of aromatic amines is 2. The quantitative estimate of drug-likeness (QED) is 0.226. The number of ether oxygens (including phenoxy) is 1. The van der Waals surface area contributed by atoms with Crippen molar-refractivity contribution in [1.82, 2.24) is 39.9 Å². The van der Waals surface area contributed by atoms with Gasteiger partial charge >= 0.3 is 6.18 Å². The molecule has 5 heterocycles. The van der Waals surface area contributed by atoms with E-state index in [0.29, 0.717) is 70.6 Å². The van der Waals surface area contributed by atoms with Crippen molar-refractivity contribution in [2.75, 3.05) is 29.5 Å². The second kappa shape index (κ2) is 10.3. The van der Waals surface area contributed by atoms with Crippen LogP contribution in [0.2, 0.25) is 0 Å². The van der Waals surface area contributed by atoms with Gasteiger partial charge < -0.3 is 31.1 Å². The summed E-state index contributed by atoms with van der Waals surface area (Å²) in [7, 11) is 0. The van der Waals surface area contributed by atoms with Crippen LogP contribution in [-0.2, 0) is 6.18 Å². The van der Waals surface area contributed by atoms with Crippen molar-refractivity contribution < 1.29 is 17.9 Å². The Labute approximate surface area is 221 Å². The van der Waals surface area contributed by atoms with Crippen LogP contribution in [0.5, 0.6) is 5.75 Å². The first-order valence-electron chi connectivity index (χ1n) is 11.3. The average molecular weight is 592 g/mol. The Morgan fingerprint density at radius 2 is 1.50 bits per heavy atom. The largest absolute Gasteiger partial charge is 0.490 e. The van der Waals surface area contributed by atoms with Crippen LogP contribution in [0.4, 0.5) is 30.8 Å². The number of nitrogens with one attached hydrogen (secondary N) is 2. The van der Waals surface area contributed by atoms with Gasteiger partial charge in [-0.25, -0.2) is 24.9 Å². The highest BCUT2D eigenvalue weighted by molar-refractivity contribution is 9.10. The predicted molar refractivity (Wildman–Crippen MR) is 137 cm³/mol. The summed E-state index contributed by atoms with van der Waals surface area (Å²) < 4.78 is 45.6. The Kier molecular flexibility index (Phi) is 6.88. The highest BCUT2D eigenvalue weighted by atomic mass is 79.9. The Morgan fingerprint density at radius 3 is 2.11 bits per heavy atom. The SMILES string of the molecule is Nc1ncnc2nc(Br)[nH]c12.Nc1ncnc2nc(N3CCC(Oc4ccccc4C(F)(F)F)CC3)[nH]c12. The number of halogens is 4. The van der Waals surface area contributed by atoms with Crippen molar-refractivity contribution in [2.45, 2.75) is 25.1 Å². The fourth-order valence-electron chi connectivity index (χ4n) is 3.97. The van der Waals surface area contributed by atoms with Crippen molar-refractivity contribution >= 4 is 55.8 Å². The number of imidazole rings is 2. The maximum atomic E-state index is 13.1. The highest BCUT2D eigenvalue weighted by Gasteiger charge is 2.35. The lowest BCUT2D eigenvalue weighted by atomic mass is 10.1. The summed E-state index contributed by atoms with van der Waals surface area (Å²) in [4.78, 5) is 32.1. The van der Waals surface area contributed by atoms with Crippen molar-refractivity contribution in [3.05, 3.63) is 47.2 Å². The van der Waals surface area contributed by atoms with Crippen LogP contribution in [0, 0.1) is 0 Å². The summed E-state index contributed by atoms with van der Waals surface area (Å²) in [6.07, 6.45) is -0.855. The maximum Gasteiger partial charge on any atom is 0.419 e. The van der Waals surface area contributed by atoms with E-state index in [1.807, 2.05) is 4.90 Å². The van der Waals surface area contributed by atoms with Crippen LogP contribution in [0.25, 0.3) is 22.3 Å². The van der Waals surface area contributed by atoms with E-state index in [2.05, 4.69) is 55.8 Å². The summed E-state index contributed by atoms with van der Waals surface area (Å²) in [6.45, 7) is 1.18. The number of fused-ring (bicyclic) bond motifs is 2. The Bertz CT molecular complexity index is 1560. The van der Waals surface area contributed by atoms with Gasteiger partial charge in [-0.3, -0.25) is 0 Å². The van der Waals surface area contributed by atoms with Crippen LogP contribution in [0.15, 0.2) is 41.7 Å². The first-order chi connectivity index (χ1) is 18.2. The number of anilines is 3. The average Bonchev–Trinajstić information content (AvgIpc) is 3.49. The van der Waals surface area contributed by atoms with Gasteiger partial charge in [-0.2, -0.15) is 18.2 Å². The number of hydrogen-bond acceptors (Lipinski definition) is 10. The van der Waals surface area contributed by atoms with Gasteiger partial charge in [0.05, 0.1) is 5.56 Å². The molecule has 0 bridgehead atoms. The fourth-order valence-corrected chi connectivity index (χ4v) is 4.34. The molecule has 0 aliphatic carbocycles. The van der Waals surface area contributed by atoms with Gasteiger partial charge in [0, 0.05) is 25.9 Å². The number of aromatic nitrogens is 8. The van der Waals surface area contributed by atoms with Gasteiger partial charge in [0.2, 0.25) is 5.95 Å². The third kappa shape index (κ3) is 5.39. The van der Waals surface area contributed by atoms with Crippen molar-refractivity contribution in [1.29, 1.82) is 0 Å². The second-order valence-corrected chi connectivity index (χ2v) is 9.05. The molecule has 1 saturated heterocycles. The molecular weight excluding hydrogens is 571 g/mol. The number of benzene rings is 1. The van der Waals surface area contributed by atoms with E-state index in [1.165, 1.54) is 24.8 Å². The van der Waals surface area contributed by atoms with Gasteiger partial charge in [-0.1, -0.05) is 12.1 Å². The van der Waals surface area contributed by atoms with Crippen molar-refractivity contribution in [3.8, 4) is 5.75 Å². The zero-order valence-electron chi connectivity index (χ0n) is 19.6. The molecule has 0 unspecified atom stereocenters. The summed E-state index contributed by atoms with van der Waals surface area (Å²) in [5.41, 5.74) is 12.9. The number of piperidine rings is 1. The summed E-state index contributed by atoms with van der Waals surface area (Å²) in [6, 6.07) is 5.29. The number of nitrogens with zero attached hydrogens (tertiary/aromatic N) is 7. The molecule has 4 aromatic heterocycles. The second-order valence-electron chi connectivity index (χ2n) is 8.30. The number of nitrogens with two attached hydrogens (primary N) is 2. The summed E-state index contributed by atoms with van der Waals surface area (Å²) in [5.74, 6) is 1.22. The molecule has 0 saturated carbocycles. The first-order valence-corrected chi connectivity index (χ1v) is 12.1. The van der Waals surface area contributed by atoms with Crippen LogP contribution in [0.3, 0.4) is 0 Å². The maximum absolute atomic E-state index is 13.1. The molecule has 6 N–H and O–H groups in total. The minimum Gasteiger partial charge on any atom is -0.490 e. The molecule has 0 atom stereocenters. The lowest BCUT2D eigenvalue weighted by Crippen LogP contribution is -2.39. The van der Waals surface area contributed by atoms with Crippen LogP contribution < -0.4 is 21.1 Å². The number of rotatable bonds is 3. The molecule has 16 heteroatoms. The Hall–Kier alpha value is -4.21. The molecule has 1 fully saturated rings. The predicted octanol–water partition coefficient (Wildman–Crippen LogP) is 3.70. The van der Waals surface area contributed by atoms with Crippen LogP contribution in [0.1, 0.15) is 18.4 Å². The fraction of sp³-hybridized carbons (Fsp3) is 0.273. The molecule has 1 aliphatic rings. The molecule has 5 aromatic rings. The van der Waals surface area contributed by atoms with E-state index < -0.39 is 11.7 Å². The number of hydrogen-bond donors (Lipinski definition) is 4. The van der Waals surface area contributed by atoms with E-state index in [9.17, 15) is 13.2 Å². The summed E-state index contributed by atoms with van der Waals surface area (Å²) >= 11 is 3.17. The Morgan fingerprint density at radius 1 is 0.895 bits per heavy atom. The van der Waals surface area contributed by atoms with Crippen LogP contribution >= 0.6 is 15.9 Å². The topological polar surface area (TPSA) is 173 Å². The van der Waals surface area contributed by atoms with Gasteiger partial charge in [0.25, 0.3) is 0 Å². The molecule has 38 heavy (non-hydrogen) atoms. The van der Waals surface area contributed by atoms with E-state index in [0.717, 1.165) is 6.07 Å². The standard InChI is InChI=1S/C17H17F3N6O.C5H4BrN5/c18-17(19,20)11-3-1-2-4-12(11)27-10-5-7-26(8-6-10)16-24-13-14(21)22-9-23-15(13)25-16;6-5-10-2-3(7)8-1-9-4(2)11-5/h1-4,9-10H,5-8H2,(H3,21,22,23,24,25);1H,(H3,7,8,9,10,11). The third-order valence-corrected chi connectivity index (χ3v) is 6.20. The van der Waals surface area contributed by atoms with Crippen LogP contribution in [-0.4, -0.2) is 59.1 Å². The summed E-state index contributed by atoms with van der Waals surface area (Å²) in [5, 5.41) is 0. The van der Waals surface area contributed by atoms with Crippen molar-refractivity contribution in [3.63, 3.8) is 0 Å². The normalized spacial score (nSPS) is 14.5. The number of H-pyrrole nitrogens is 2. The monoisotopic (exact) mass is 591 g/mol. The van der Waals surface area contributed by atoms with E-state index >= 15 is 0 Å². The van der Waals surface area contributed by atoms with Gasteiger partial charge in [-0.05, 0) is 28.1 Å². The smallest absolute Gasteiger partial charge is 0.419 e. The molecule has 1 aliphatic heterocycles. The highest BCUT2D eigenvalue weighted by Crippen LogP contribution is 2.37. The van der Waals surface area contributed by atoms with Crippen molar-refractivity contribution in [2.24, 2.45) is 0 Å². The molecule has 6 rings (SSSR count). The van der Waals surface area contributed by atoms with Gasteiger partial charge in [0.15, 0.2) is 27.7 Å². The number of para-hydroxylation sites is 1. The molecule has 0 radical (unpaired) electrons. The van der Waals surface area contributed by atoms with E-state index in [1.54, 1.807) is 6.07 Å². The lowest BCUT2D eigenvalue weighted by molar-refractivity contribution is -0.139. The lowest BCUT2D eigenvalue weighted by Gasteiger charge is -2.32. The van der Waals surface area contributed by atoms with Gasteiger partial charge in [-0.15, -0.1) is 0 Å². The molecule has 0 spiro atoms. The third-order valence-electron chi connectivity index (χ3n) is 5.82. The number of nitrogen functional groups attached to an aromatic ring is 2. The molecule has 0 amide bonds. The van der Waals surface area contributed by atoms with Gasteiger partial charge in [0.1, 0.15) is 35.5 Å². The zero-order chi connectivity index (χ0) is 26.9. The Balaban J connectivity index is 0.000000222.